The van der Waals surface area contributed by atoms with Crippen LogP contribution in [0.15, 0.2) is 42.5 Å². The van der Waals surface area contributed by atoms with Crippen molar-refractivity contribution < 1.29 is 32.2 Å². The summed E-state index contributed by atoms with van der Waals surface area (Å²) in [5.41, 5.74) is -0.607. The largest absolute Gasteiger partial charge is 0.484 e. The van der Waals surface area contributed by atoms with E-state index in [0.717, 1.165) is 12.1 Å². The molecular formula is C20H18ClF3N2O4. The molecule has 1 fully saturated rings. The zero-order chi connectivity index (χ0) is 21.7. The van der Waals surface area contributed by atoms with Crippen molar-refractivity contribution in [2.24, 2.45) is 0 Å². The van der Waals surface area contributed by atoms with E-state index in [2.05, 4.69) is 5.32 Å². The topological polar surface area (TPSA) is 67.9 Å². The standard InChI is InChI=1S/C20H18ClF3N2O4/c21-17-6-3-14(11-16(17)20(22,23)24)25-18(27)12-30-15-4-1-13(2-5-15)19(28)26-7-9-29-10-8-26/h1-6,11H,7-10,12H2,(H,25,27). The number of ether oxygens (including phenoxy) is 2. The number of halogens is 4. The van der Waals surface area contributed by atoms with Gasteiger partial charge in [0.25, 0.3) is 11.8 Å². The number of nitrogens with zero attached hydrogens (tertiary/aromatic N) is 1. The quantitative estimate of drug-likeness (QED) is 0.763. The third-order valence-electron chi connectivity index (χ3n) is 4.33. The van der Waals surface area contributed by atoms with Crippen LogP contribution in [0.3, 0.4) is 0 Å². The average molecular weight is 443 g/mol. The van der Waals surface area contributed by atoms with Crippen molar-refractivity contribution in [2.45, 2.75) is 6.18 Å². The van der Waals surface area contributed by atoms with E-state index in [0.29, 0.717) is 37.6 Å². The second-order valence-electron chi connectivity index (χ2n) is 6.46. The predicted molar refractivity (Wildman–Crippen MR) is 104 cm³/mol. The molecule has 2 aromatic carbocycles. The smallest absolute Gasteiger partial charge is 0.417 e. The highest BCUT2D eigenvalue weighted by Crippen LogP contribution is 2.36. The van der Waals surface area contributed by atoms with Gasteiger partial charge in [0, 0.05) is 24.3 Å². The van der Waals surface area contributed by atoms with Crippen molar-refractivity contribution in [1.82, 2.24) is 4.90 Å². The molecule has 1 saturated heterocycles. The molecule has 3 rings (SSSR count). The van der Waals surface area contributed by atoms with Crippen LogP contribution in [0.2, 0.25) is 5.02 Å². The number of alkyl halides is 3. The molecule has 2 amide bonds. The Kier molecular flexibility index (Phi) is 6.84. The summed E-state index contributed by atoms with van der Waals surface area (Å²) in [6.07, 6.45) is -4.63. The Balaban J connectivity index is 1.54. The highest BCUT2D eigenvalue weighted by atomic mass is 35.5. The molecule has 0 radical (unpaired) electrons. The molecule has 2 aromatic rings. The maximum absolute atomic E-state index is 12.9. The van der Waals surface area contributed by atoms with Gasteiger partial charge < -0.3 is 19.7 Å². The van der Waals surface area contributed by atoms with Crippen molar-refractivity contribution in [2.75, 3.05) is 38.2 Å². The third-order valence-corrected chi connectivity index (χ3v) is 4.65. The van der Waals surface area contributed by atoms with E-state index in [1.165, 1.54) is 6.07 Å². The number of benzene rings is 2. The molecule has 160 valence electrons. The molecule has 30 heavy (non-hydrogen) atoms. The van der Waals surface area contributed by atoms with Crippen LogP contribution in [0, 0.1) is 0 Å². The molecule has 1 aliphatic rings. The molecular weight excluding hydrogens is 425 g/mol. The zero-order valence-electron chi connectivity index (χ0n) is 15.7. The van der Waals surface area contributed by atoms with Crippen LogP contribution in [0.1, 0.15) is 15.9 Å². The number of amides is 2. The fourth-order valence-electron chi connectivity index (χ4n) is 2.81. The Morgan fingerprint density at radius 3 is 2.40 bits per heavy atom. The summed E-state index contributed by atoms with van der Waals surface area (Å²) < 4.78 is 49.2. The normalized spacial score (nSPS) is 14.3. The molecule has 1 heterocycles. The van der Waals surface area contributed by atoms with Crippen LogP contribution in [0.25, 0.3) is 0 Å². The van der Waals surface area contributed by atoms with E-state index in [9.17, 15) is 22.8 Å². The maximum Gasteiger partial charge on any atom is 0.417 e. The summed E-state index contributed by atoms with van der Waals surface area (Å²) in [6.45, 7) is 1.64. The van der Waals surface area contributed by atoms with Crippen molar-refractivity contribution in [3.8, 4) is 5.75 Å². The molecule has 0 unspecified atom stereocenters. The van der Waals surface area contributed by atoms with Gasteiger partial charge in [-0.15, -0.1) is 0 Å². The minimum atomic E-state index is -4.63. The number of rotatable bonds is 5. The lowest BCUT2D eigenvalue weighted by Crippen LogP contribution is -2.40. The van der Waals surface area contributed by atoms with E-state index < -0.39 is 29.3 Å². The lowest BCUT2D eigenvalue weighted by atomic mass is 10.2. The van der Waals surface area contributed by atoms with Gasteiger partial charge in [0.2, 0.25) is 0 Å². The van der Waals surface area contributed by atoms with E-state index in [1.807, 2.05) is 0 Å². The Morgan fingerprint density at radius 1 is 1.10 bits per heavy atom. The van der Waals surface area contributed by atoms with E-state index in [1.54, 1.807) is 29.2 Å². The van der Waals surface area contributed by atoms with Gasteiger partial charge in [-0.1, -0.05) is 11.6 Å². The summed E-state index contributed by atoms with van der Waals surface area (Å²) >= 11 is 5.55. The van der Waals surface area contributed by atoms with Gasteiger partial charge in [0.05, 0.1) is 23.8 Å². The average Bonchev–Trinajstić information content (AvgIpc) is 2.73. The van der Waals surface area contributed by atoms with Crippen LogP contribution >= 0.6 is 11.6 Å². The molecule has 0 spiro atoms. The predicted octanol–water partition coefficient (Wildman–Crippen LogP) is 3.85. The van der Waals surface area contributed by atoms with Gasteiger partial charge >= 0.3 is 6.18 Å². The SMILES string of the molecule is O=C(COc1ccc(C(=O)N2CCOCC2)cc1)Nc1ccc(Cl)c(C(F)(F)F)c1. The minimum Gasteiger partial charge on any atom is -0.484 e. The first-order valence-corrected chi connectivity index (χ1v) is 9.38. The minimum absolute atomic E-state index is 0.0493. The summed E-state index contributed by atoms with van der Waals surface area (Å²) in [7, 11) is 0. The Morgan fingerprint density at radius 2 is 1.77 bits per heavy atom. The van der Waals surface area contributed by atoms with Gasteiger partial charge in [0.1, 0.15) is 5.75 Å². The van der Waals surface area contributed by atoms with Crippen LogP contribution in [0.4, 0.5) is 18.9 Å². The van der Waals surface area contributed by atoms with Crippen molar-refractivity contribution in [3.63, 3.8) is 0 Å². The number of carbonyl (C=O) groups excluding carboxylic acids is 2. The number of hydrogen-bond acceptors (Lipinski definition) is 4. The van der Waals surface area contributed by atoms with Crippen LogP contribution < -0.4 is 10.1 Å². The van der Waals surface area contributed by atoms with Crippen molar-refractivity contribution in [3.05, 3.63) is 58.6 Å². The number of carbonyl (C=O) groups is 2. The van der Waals surface area contributed by atoms with Crippen molar-refractivity contribution >= 4 is 29.1 Å². The van der Waals surface area contributed by atoms with Crippen molar-refractivity contribution in [1.29, 1.82) is 0 Å². The first-order valence-electron chi connectivity index (χ1n) is 9.00. The molecule has 1 N–H and O–H groups in total. The summed E-state index contributed by atoms with van der Waals surface area (Å²) in [5.74, 6) is -0.416. The molecule has 0 saturated carbocycles. The summed E-state index contributed by atoms with van der Waals surface area (Å²) in [4.78, 5) is 26.1. The van der Waals surface area contributed by atoms with Crippen LogP contribution in [-0.2, 0) is 15.7 Å². The fraction of sp³-hybridized carbons (Fsp3) is 0.300. The van der Waals surface area contributed by atoms with Gasteiger partial charge in [-0.3, -0.25) is 9.59 Å². The van der Waals surface area contributed by atoms with Gasteiger partial charge in [-0.25, -0.2) is 0 Å². The Hall–Kier alpha value is -2.78. The lowest BCUT2D eigenvalue weighted by molar-refractivity contribution is -0.137. The lowest BCUT2D eigenvalue weighted by Gasteiger charge is -2.26. The summed E-state index contributed by atoms with van der Waals surface area (Å²) in [6, 6.07) is 9.34. The molecule has 6 nitrogen and oxygen atoms in total. The number of hydrogen-bond donors (Lipinski definition) is 1. The van der Waals surface area contributed by atoms with E-state index in [-0.39, 0.29) is 11.6 Å². The fourth-order valence-corrected chi connectivity index (χ4v) is 3.03. The molecule has 0 aromatic heterocycles. The molecule has 1 aliphatic heterocycles. The van der Waals surface area contributed by atoms with Gasteiger partial charge in [-0.2, -0.15) is 13.2 Å². The number of nitrogens with one attached hydrogen (secondary N) is 1. The molecule has 0 atom stereocenters. The van der Waals surface area contributed by atoms with Crippen LogP contribution in [0.5, 0.6) is 5.75 Å². The monoisotopic (exact) mass is 442 g/mol. The van der Waals surface area contributed by atoms with Crippen LogP contribution in [-0.4, -0.2) is 49.6 Å². The highest BCUT2D eigenvalue weighted by molar-refractivity contribution is 6.31. The molecule has 10 heteroatoms. The number of morpholine rings is 1. The zero-order valence-corrected chi connectivity index (χ0v) is 16.4. The molecule has 0 bridgehead atoms. The number of anilines is 1. The molecule has 0 aliphatic carbocycles. The first kappa shape index (κ1) is 21.9. The van der Waals surface area contributed by atoms with Gasteiger partial charge in [0.15, 0.2) is 6.61 Å². The maximum atomic E-state index is 12.9. The highest BCUT2D eigenvalue weighted by Gasteiger charge is 2.33. The van der Waals surface area contributed by atoms with Gasteiger partial charge in [-0.05, 0) is 42.5 Å². The Bertz CT molecular complexity index is 913. The first-order chi connectivity index (χ1) is 14.2. The third kappa shape index (κ3) is 5.64. The van der Waals surface area contributed by atoms with E-state index >= 15 is 0 Å². The summed E-state index contributed by atoms with van der Waals surface area (Å²) in [5, 5.41) is 1.87. The Labute approximate surface area is 175 Å². The second kappa shape index (κ2) is 9.36. The van der Waals surface area contributed by atoms with E-state index in [4.69, 9.17) is 21.1 Å². The second-order valence-corrected chi connectivity index (χ2v) is 6.87.